The number of aliphatic hydroxyl groups is 1. The van der Waals surface area contributed by atoms with E-state index in [1.165, 1.54) is 0 Å². The summed E-state index contributed by atoms with van der Waals surface area (Å²) in [6, 6.07) is 0. The van der Waals surface area contributed by atoms with Crippen molar-refractivity contribution in [2.45, 2.75) is 59.4 Å². The Kier molecular flexibility index (Phi) is 14.7. The molecule has 0 aromatic carbocycles. The summed E-state index contributed by atoms with van der Waals surface area (Å²) in [5, 5.41) is 8.98. The first-order valence-electron chi connectivity index (χ1n) is 6.05. The Morgan fingerprint density at radius 2 is 1.56 bits per heavy atom. The normalized spacial score (nSPS) is 12.6. The Morgan fingerprint density at radius 1 is 1.06 bits per heavy atom. The lowest BCUT2D eigenvalue weighted by Crippen LogP contribution is -2.16. The predicted molar refractivity (Wildman–Crippen MR) is 67.5 cm³/mol. The second-order valence-corrected chi connectivity index (χ2v) is 4.15. The fourth-order valence-electron chi connectivity index (χ4n) is 0.725. The Bertz CT molecular complexity index is 129. The summed E-state index contributed by atoms with van der Waals surface area (Å²) in [6.07, 6.45) is 1.04. The van der Waals surface area contributed by atoms with Crippen LogP contribution in [0.15, 0.2) is 0 Å². The Hall–Kier alpha value is -0.160. The topological polar surface area (TPSA) is 64.7 Å². The molecular formula is C12H29NO3. The molecule has 0 amide bonds. The van der Waals surface area contributed by atoms with E-state index in [-0.39, 0.29) is 12.2 Å². The van der Waals surface area contributed by atoms with E-state index < -0.39 is 0 Å². The number of rotatable bonds is 7. The second-order valence-electron chi connectivity index (χ2n) is 4.15. The molecule has 0 aliphatic rings. The van der Waals surface area contributed by atoms with Crippen LogP contribution in [0.3, 0.4) is 0 Å². The number of nitrogens with two attached hydrogens (primary N) is 1. The van der Waals surface area contributed by atoms with Crippen molar-refractivity contribution < 1.29 is 14.6 Å². The third-order valence-electron chi connectivity index (χ3n) is 1.66. The molecule has 0 bridgehead atoms. The fraction of sp³-hybridized carbons (Fsp3) is 1.00. The number of hydrogen-bond donors (Lipinski definition) is 2. The minimum atomic E-state index is -0.285. The van der Waals surface area contributed by atoms with Gasteiger partial charge in [-0.05, 0) is 34.1 Å². The van der Waals surface area contributed by atoms with E-state index in [0.717, 1.165) is 6.42 Å². The van der Waals surface area contributed by atoms with Crippen LogP contribution in [0.25, 0.3) is 0 Å². The highest BCUT2D eigenvalue weighted by Gasteiger charge is 2.00. The van der Waals surface area contributed by atoms with Crippen LogP contribution in [0.5, 0.6) is 0 Å². The van der Waals surface area contributed by atoms with Crippen LogP contribution in [0.4, 0.5) is 0 Å². The summed E-state index contributed by atoms with van der Waals surface area (Å²) in [5.41, 5.74) is 5.15. The molecule has 0 fully saturated rings. The van der Waals surface area contributed by atoms with Gasteiger partial charge in [-0.1, -0.05) is 6.92 Å². The van der Waals surface area contributed by atoms with Crippen molar-refractivity contribution in [3.63, 3.8) is 0 Å². The molecule has 0 saturated carbocycles. The maximum absolute atomic E-state index is 8.98. The molecule has 0 aliphatic carbocycles. The van der Waals surface area contributed by atoms with Crippen LogP contribution in [-0.4, -0.2) is 43.2 Å². The van der Waals surface area contributed by atoms with Crippen molar-refractivity contribution in [2.24, 2.45) is 5.73 Å². The predicted octanol–water partition coefficient (Wildman–Crippen LogP) is 1.55. The third-order valence-corrected chi connectivity index (χ3v) is 1.66. The van der Waals surface area contributed by atoms with Gasteiger partial charge in [0.05, 0.1) is 31.5 Å². The van der Waals surface area contributed by atoms with Gasteiger partial charge in [-0.25, -0.2) is 0 Å². The van der Waals surface area contributed by atoms with Gasteiger partial charge in [0.15, 0.2) is 0 Å². The van der Waals surface area contributed by atoms with Gasteiger partial charge in [0.25, 0.3) is 0 Å². The summed E-state index contributed by atoms with van der Waals surface area (Å²) < 4.78 is 10.2. The number of hydrogen-bond acceptors (Lipinski definition) is 4. The highest BCUT2D eigenvalue weighted by atomic mass is 16.5. The van der Waals surface area contributed by atoms with Gasteiger partial charge in [0.1, 0.15) is 0 Å². The number of aliphatic hydroxyl groups excluding tert-OH is 1. The summed E-state index contributed by atoms with van der Waals surface area (Å²) >= 11 is 0. The first-order chi connectivity index (χ1) is 7.43. The van der Waals surface area contributed by atoms with Crippen molar-refractivity contribution >= 4 is 0 Å². The number of ether oxygens (including phenoxy) is 2. The van der Waals surface area contributed by atoms with Gasteiger partial charge in [0, 0.05) is 6.54 Å². The zero-order valence-electron chi connectivity index (χ0n) is 11.4. The quantitative estimate of drug-likeness (QED) is 0.703. The molecule has 0 spiro atoms. The highest BCUT2D eigenvalue weighted by molar-refractivity contribution is 4.49. The lowest BCUT2D eigenvalue weighted by atomic mass is 10.3. The molecule has 0 aromatic rings. The summed E-state index contributed by atoms with van der Waals surface area (Å²) in [7, 11) is 0. The lowest BCUT2D eigenvalue weighted by Gasteiger charge is -2.10. The third kappa shape index (κ3) is 19.4. The van der Waals surface area contributed by atoms with Crippen LogP contribution in [0.1, 0.15) is 41.0 Å². The molecule has 1 atom stereocenters. The first-order valence-corrected chi connectivity index (χ1v) is 6.05. The summed E-state index contributed by atoms with van der Waals surface area (Å²) in [6.45, 7) is 11.6. The smallest absolute Gasteiger partial charge is 0.0771 e. The molecule has 0 heterocycles. The molecule has 0 aromatic heterocycles. The van der Waals surface area contributed by atoms with Crippen molar-refractivity contribution in [3.05, 3.63) is 0 Å². The van der Waals surface area contributed by atoms with Crippen LogP contribution in [-0.2, 0) is 9.47 Å². The van der Waals surface area contributed by atoms with Crippen LogP contribution < -0.4 is 5.73 Å². The minimum Gasteiger partial charge on any atom is -0.391 e. The van der Waals surface area contributed by atoms with Gasteiger partial charge in [-0.15, -0.1) is 0 Å². The van der Waals surface area contributed by atoms with Gasteiger partial charge < -0.3 is 20.3 Å². The Balaban J connectivity index is 0. The van der Waals surface area contributed by atoms with E-state index in [2.05, 4.69) is 0 Å². The minimum absolute atomic E-state index is 0.228. The van der Waals surface area contributed by atoms with Crippen LogP contribution >= 0.6 is 0 Å². The SMILES string of the molecule is CC(C)OCCN.CCC(O)COC(C)C. The average molecular weight is 235 g/mol. The van der Waals surface area contributed by atoms with E-state index >= 15 is 0 Å². The molecule has 4 nitrogen and oxygen atoms in total. The summed E-state index contributed by atoms with van der Waals surface area (Å²) in [4.78, 5) is 0. The van der Waals surface area contributed by atoms with E-state index in [4.69, 9.17) is 20.3 Å². The molecule has 0 aliphatic heterocycles. The average Bonchev–Trinajstić information content (AvgIpc) is 2.23. The Morgan fingerprint density at radius 3 is 1.81 bits per heavy atom. The van der Waals surface area contributed by atoms with Crippen molar-refractivity contribution in [2.75, 3.05) is 19.8 Å². The zero-order chi connectivity index (χ0) is 13.0. The largest absolute Gasteiger partial charge is 0.391 e. The molecule has 0 saturated heterocycles. The molecule has 100 valence electrons. The van der Waals surface area contributed by atoms with Crippen LogP contribution in [0, 0.1) is 0 Å². The van der Waals surface area contributed by atoms with Crippen molar-refractivity contribution in [1.29, 1.82) is 0 Å². The molecule has 16 heavy (non-hydrogen) atoms. The molecule has 0 radical (unpaired) electrons. The van der Waals surface area contributed by atoms with E-state index in [9.17, 15) is 0 Å². The van der Waals surface area contributed by atoms with E-state index in [1.54, 1.807) is 0 Å². The zero-order valence-corrected chi connectivity index (χ0v) is 11.4. The van der Waals surface area contributed by atoms with Gasteiger partial charge in [-0.2, -0.15) is 0 Å². The monoisotopic (exact) mass is 235 g/mol. The lowest BCUT2D eigenvalue weighted by molar-refractivity contribution is 0.00464. The van der Waals surface area contributed by atoms with Crippen molar-refractivity contribution in [3.8, 4) is 0 Å². The van der Waals surface area contributed by atoms with Gasteiger partial charge >= 0.3 is 0 Å². The Labute approximate surface area is 100 Å². The van der Waals surface area contributed by atoms with Crippen LogP contribution in [0.2, 0.25) is 0 Å². The standard InChI is InChI=1S/C7H16O2.C5H13NO/c1-4-7(8)5-9-6(2)3;1-5(2)7-4-3-6/h6-8H,4-5H2,1-3H3;5H,3-4,6H2,1-2H3. The molecule has 3 N–H and O–H groups in total. The highest BCUT2D eigenvalue weighted by Crippen LogP contribution is 1.94. The second kappa shape index (κ2) is 12.9. The fourth-order valence-corrected chi connectivity index (χ4v) is 0.725. The summed E-state index contributed by atoms with van der Waals surface area (Å²) in [5.74, 6) is 0. The molecular weight excluding hydrogens is 206 g/mol. The van der Waals surface area contributed by atoms with Gasteiger partial charge in [0.2, 0.25) is 0 Å². The molecule has 4 heteroatoms. The van der Waals surface area contributed by atoms with Gasteiger partial charge in [-0.3, -0.25) is 0 Å². The van der Waals surface area contributed by atoms with E-state index in [0.29, 0.717) is 25.9 Å². The first kappa shape index (κ1) is 18.2. The maximum atomic E-state index is 8.98. The van der Waals surface area contributed by atoms with E-state index in [1.807, 2.05) is 34.6 Å². The molecule has 0 rings (SSSR count). The van der Waals surface area contributed by atoms with Crippen molar-refractivity contribution in [1.82, 2.24) is 0 Å². The molecule has 1 unspecified atom stereocenters. The maximum Gasteiger partial charge on any atom is 0.0771 e.